The quantitative estimate of drug-likeness (QED) is 0.795. The van der Waals surface area contributed by atoms with Crippen LogP contribution in [0.4, 0.5) is 0 Å². The summed E-state index contributed by atoms with van der Waals surface area (Å²) in [5.74, 6) is 1.17. The number of methoxy groups -OCH3 is 1. The lowest BCUT2D eigenvalue weighted by Gasteiger charge is -2.12. The van der Waals surface area contributed by atoms with Gasteiger partial charge in [0.2, 0.25) is 5.88 Å². The van der Waals surface area contributed by atoms with Crippen molar-refractivity contribution in [3.8, 4) is 5.88 Å². The molecule has 3 heteroatoms. The highest BCUT2D eigenvalue weighted by molar-refractivity contribution is 5.30. The lowest BCUT2D eigenvalue weighted by atomic mass is 9.98. The molecule has 0 radical (unpaired) electrons. The number of ether oxygens (including phenoxy) is 1. The largest absolute Gasteiger partial charge is 0.481 e. The number of aryl methyl sites for hydroxylation is 1. The molecule has 2 N–H and O–H groups in total. The molecule has 1 heterocycles. The van der Waals surface area contributed by atoms with Crippen molar-refractivity contribution in [1.82, 2.24) is 4.98 Å². The Bertz CT molecular complexity index is 299. The first-order valence-electron chi connectivity index (χ1n) is 4.89. The Morgan fingerprint density at radius 3 is 2.79 bits per heavy atom. The monoisotopic (exact) mass is 194 g/mol. The van der Waals surface area contributed by atoms with Crippen molar-refractivity contribution in [1.29, 1.82) is 0 Å². The van der Waals surface area contributed by atoms with Crippen LogP contribution in [0, 0.1) is 6.92 Å². The van der Waals surface area contributed by atoms with E-state index in [9.17, 15) is 0 Å². The van der Waals surface area contributed by atoms with Crippen LogP contribution in [0.1, 0.15) is 30.4 Å². The minimum absolute atomic E-state index is 0.470. The van der Waals surface area contributed by atoms with Gasteiger partial charge < -0.3 is 10.5 Å². The number of aromatic nitrogens is 1. The predicted molar refractivity (Wildman–Crippen MR) is 57.6 cm³/mol. The SMILES string of the molecule is COc1ncc(C(C)CCN)cc1C. The second-order valence-corrected chi connectivity index (χ2v) is 3.57. The van der Waals surface area contributed by atoms with Gasteiger partial charge in [0.05, 0.1) is 7.11 Å². The van der Waals surface area contributed by atoms with E-state index in [0.717, 1.165) is 12.0 Å². The van der Waals surface area contributed by atoms with Crippen molar-refractivity contribution < 1.29 is 4.74 Å². The number of rotatable bonds is 4. The van der Waals surface area contributed by atoms with Crippen LogP contribution in [0.5, 0.6) is 5.88 Å². The van der Waals surface area contributed by atoms with Gasteiger partial charge in [-0.15, -0.1) is 0 Å². The summed E-state index contributed by atoms with van der Waals surface area (Å²) in [6, 6.07) is 2.12. The standard InChI is InChI=1S/C11H18N2O/c1-8(4-5-12)10-6-9(2)11(14-3)13-7-10/h6-8H,4-5,12H2,1-3H3. The molecule has 0 aliphatic carbocycles. The zero-order chi connectivity index (χ0) is 10.6. The Morgan fingerprint density at radius 1 is 1.57 bits per heavy atom. The minimum Gasteiger partial charge on any atom is -0.481 e. The van der Waals surface area contributed by atoms with E-state index in [0.29, 0.717) is 18.3 Å². The summed E-state index contributed by atoms with van der Waals surface area (Å²) >= 11 is 0. The lowest BCUT2D eigenvalue weighted by Crippen LogP contribution is -2.05. The summed E-state index contributed by atoms with van der Waals surface area (Å²) < 4.78 is 5.10. The average molecular weight is 194 g/mol. The van der Waals surface area contributed by atoms with E-state index in [1.807, 2.05) is 13.1 Å². The van der Waals surface area contributed by atoms with Gasteiger partial charge in [-0.1, -0.05) is 6.92 Å². The molecule has 1 rings (SSSR count). The summed E-state index contributed by atoms with van der Waals surface area (Å²) in [4.78, 5) is 4.24. The predicted octanol–water partition coefficient (Wildman–Crippen LogP) is 1.85. The molecule has 14 heavy (non-hydrogen) atoms. The summed E-state index contributed by atoms with van der Waals surface area (Å²) in [5.41, 5.74) is 7.82. The van der Waals surface area contributed by atoms with Gasteiger partial charge in [0, 0.05) is 11.8 Å². The molecule has 0 spiro atoms. The van der Waals surface area contributed by atoms with Crippen LogP contribution in [-0.4, -0.2) is 18.6 Å². The zero-order valence-electron chi connectivity index (χ0n) is 9.08. The molecule has 0 amide bonds. The molecule has 1 unspecified atom stereocenters. The van der Waals surface area contributed by atoms with Crippen molar-refractivity contribution in [2.75, 3.05) is 13.7 Å². The summed E-state index contributed by atoms with van der Waals surface area (Å²) in [7, 11) is 1.64. The molecule has 78 valence electrons. The molecule has 0 aliphatic rings. The van der Waals surface area contributed by atoms with Gasteiger partial charge in [-0.2, -0.15) is 0 Å². The topological polar surface area (TPSA) is 48.1 Å². The maximum absolute atomic E-state index is 5.52. The Hall–Kier alpha value is -1.09. The van der Waals surface area contributed by atoms with Crippen molar-refractivity contribution in [2.24, 2.45) is 5.73 Å². The van der Waals surface area contributed by atoms with Gasteiger partial charge >= 0.3 is 0 Å². The fourth-order valence-corrected chi connectivity index (χ4v) is 1.48. The molecule has 1 aromatic rings. The highest BCUT2D eigenvalue weighted by Crippen LogP contribution is 2.22. The van der Waals surface area contributed by atoms with E-state index in [4.69, 9.17) is 10.5 Å². The van der Waals surface area contributed by atoms with E-state index in [1.165, 1.54) is 5.56 Å². The Kier molecular flexibility index (Phi) is 3.89. The van der Waals surface area contributed by atoms with Crippen LogP contribution >= 0.6 is 0 Å². The maximum Gasteiger partial charge on any atom is 0.215 e. The third-order valence-electron chi connectivity index (χ3n) is 2.41. The van der Waals surface area contributed by atoms with Crippen LogP contribution < -0.4 is 10.5 Å². The van der Waals surface area contributed by atoms with Crippen LogP contribution in [0.2, 0.25) is 0 Å². The van der Waals surface area contributed by atoms with E-state index in [-0.39, 0.29) is 0 Å². The highest BCUT2D eigenvalue weighted by atomic mass is 16.5. The molecule has 1 aromatic heterocycles. The molecule has 0 fully saturated rings. The second kappa shape index (κ2) is 4.96. The van der Waals surface area contributed by atoms with Crippen LogP contribution in [0.25, 0.3) is 0 Å². The van der Waals surface area contributed by atoms with E-state index < -0.39 is 0 Å². The minimum atomic E-state index is 0.470. The lowest BCUT2D eigenvalue weighted by molar-refractivity contribution is 0.394. The van der Waals surface area contributed by atoms with Gasteiger partial charge in [-0.05, 0) is 37.4 Å². The molecule has 0 aromatic carbocycles. The third kappa shape index (κ3) is 2.45. The molecule has 3 nitrogen and oxygen atoms in total. The molecule has 0 saturated carbocycles. The van der Waals surface area contributed by atoms with Crippen molar-refractivity contribution in [3.63, 3.8) is 0 Å². The summed E-state index contributed by atoms with van der Waals surface area (Å²) in [5, 5.41) is 0. The van der Waals surface area contributed by atoms with Gasteiger partial charge in [-0.3, -0.25) is 0 Å². The number of pyridine rings is 1. The second-order valence-electron chi connectivity index (χ2n) is 3.57. The molecule has 0 aliphatic heterocycles. The van der Waals surface area contributed by atoms with Crippen LogP contribution in [-0.2, 0) is 0 Å². The first kappa shape index (κ1) is 11.0. The van der Waals surface area contributed by atoms with Crippen LogP contribution in [0.3, 0.4) is 0 Å². The Labute approximate surface area is 85.3 Å². The molecule has 0 bridgehead atoms. The first-order valence-corrected chi connectivity index (χ1v) is 4.89. The van der Waals surface area contributed by atoms with Crippen molar-refractivity contribution >= 4 is 0 Å². The van der Waals surface area contributed by atoms with E-state index in [2.05, 4.69) is 18.0 Å². The van der Waals surface area contributed by atoms with Gasteiger partial charge in [-0.25, -0.2) is 4.98 Å². The average Bonchev–Trinajstić information content (AvgIpc) is 2.18. The molecule has 0 saturated heterocycles. The van der Waals surface area contributed by atoms with Gasteiger partial charge in [0.15, 0.2) is 0 Å². The summed E-state index contributed by atoms with van der Waals surface area (Å²) in [6.45, 7) is 4.88. The van der Waals surface area contributed by atoms with Crippen LogP contribution in [0.15, 0.2) is 12.3 Å². The Balaban J connectivity index is 2.85. The molecular formula is C11H18N2O. The number of hydrogen-bond donors (Lipinski definition) is 1. The fourth-order valence-electron chi connectivity index (χ4n) is 1.48. The number of hydrogen-bond acceptors (Lipinski definition) is 3. The first-order chi connectivity index (χ1) is 6.69. The smallest absolute Gasteiger partial charge is 0.215 e. The molecular weight excluding hydrogens is 176 g/mol. The summed E-state index contributed by atoms with van der Waals surface area (Å²) in [6.07, 6.45) is 2.86. The van der Waals surface area contributed by atoms with Gasteiger partial charge in [0.1, 0.15) is 0 Å². The Morgan fingerprint density at radius 2 is 2.29 bits per heavy atom. The number of nitrogens with two attached hydrogens (primary N) is 1. The van der Waals surface area contributed by atoms with Crippen molar-refractivity contribution in [2.45, 2.75) is 26.2 Å². The normalized spacial score (nSPS) is 12.6. The van der Waals surface area contributed by atoms with E-state index >= 15 is 0 Å². The zero-order valence-corrected chi connectivity index (χ0v) is 9.08. The maximum atomic E-state index is 5.52. The highest BCUT2D eigenvalue weighted by Gasteiger charge is 2.07. The number of nitrogens with zero attached hydrogens (tertiary/aromatic N) is 1. The fraction of sp³-hybridized carbons (Fsp3) is 0.545. The van der Waals surface area contributed by atoms with E-state index in [1.54, 1.807) is 7.11 Å². The molecule has 1 atom stereocenters. The third-order valence-corrected chi connectivity index (χ3v) is 2.41. The van der Waals surface area contributed by atoms with Crippen molar-refractivity contribution in [3.05, 3.63) is 23.4 Å². The van der Waals surface area contributed by atoms with Gasteiger partial charge in [0.25, 0.3) is 0 Å².